The van der Waals surface area contributed by atoms with E-state index in [1.165, 1.54) is 23.5 Å². The lowest BCUT2D eigenvalue weighted by atomic mass is 10.1. The zero-order valence-electron chi connectivity index (χ0n) is 17.1. The van der Waals surface area contributed by atoms with Crippen LogP contribution in [0.15, 0.2) is 53.4 Å². The molecule has 0 N–H and O–H groups in total. The molecule has 1 heterocycles. The van der Waals surface area contributed by atoms with E-state index in [1.54, 1.807) is 48.4 Å². The van der Waals surface area contributed by atoms with E-state index < -0.39 is 10.0 Å². The van der Waals surface area contributed by atoms with E-state index in [9.17, 15) is 13.2 Å². The van der Waals surface area contributed by atoms with Crippen LogP contribution in [0.2, 0.25) is 0 Å². The van der Waals surface area contributed by atoms with Gasteiger partial charge >= 0.3 is 0 Å². The number of hydrogen-bond donors (Lipinski definition) is 0. The van der Waals surface area contributed by atoms with Gasteiger partial charge < -0.3 is 19.1 Å². The summed E-state index contributed by atoms with van der Waals surface area (Å²) in [7, 11) is -0.511. The summed E-state index contributed by atoms with van der Waals surface area (Å²) in [5, 5.41) is 0. The molecule has 2 aromatic carbocycles. The molecule has 1 aliphatic heterocycles. The summed E-state index contributed by atoms with van der Waals surface area (Å²) in [5.74, 6) is 0.910. The van der Waals surface area contributed by atoms with Gasteiger partial charge in [-0.3, -0.25) is 4.79 Å². The number of piperazine rings is 1. The van der Waals surface area contributed by atoms with E-state index in [2.05, 4.69) is 0 Å². The fraction of sp³-hybridized carbons (Fsp3) is 0.381. The number of nitrogens with zero attached hydrogens (tertiary/aromatic N) is 2. The van der Waals surface area contributed by atoms with E-state index in [0.717, 1.165) is 0 Å². The van der Waals surface area contributed by atoms with Gasteiger partial charge in [0.25, 0.3) is 5.91 Å². The van der Waals surface area contributed by atoms with Crippen LogP contribution in [0.1, 0.15) is 10.4 Å². The SMILES string of the molecule is COCCOc1ccccc1C(=O)N1CCN(S(=O)(=O)c2ccc(OC)cc2)CC1. The summed E-state index contributed by atoms with van der Waals surface area (Å²) in [5.41, 5.74) is 0.458. The maximum absolute atomic E-state index is 13.0. The highest BCUT2D eigenvalue weighted by molar-refractivity contribution is 7.89. The van der Waals surface area contributed by atoms with Crippen LogP contribution in [-0.4, -0.2) is 77.1 Å². The highest BCUT2D eigenvalue weighted by Gasteiger charge is 2.31. The zero-order chi connectivity index (χ0) is 21.6. The molecule has 0 radical (unpaired) electrons. The van der Waals surface area contributed by atoms with Gasteiger partial charge in [-0.1, -0.05) is 12.1 Å². The van der Waals surface area contributed by atoms with E-state index in [-0.39, 0.29) is 23.9 Å². The molecule has 9 heteroatoms. The molecule has 2 aromatic rings. The standard InChI is InChI=1S/C21H26N2O6S/c1-27-15-16-29-20-6-4-3-5-19(20)21(24)22-11-13-23(14-12-22)30(25,26)18-9-7-17(28-2)8-10-18/h3-10H,11-16H2,1-2H3. The highest BCUT2D eigenvalue weighted by Crippen LogP contribution is 2.23. The first kappa shape index (κ1) is 22.1. The predicted molar refractivity (Wildman–Crippen MR) is 111 cm³/mol. The molecule has 0 aromatic heterocycles. The number of methoxy groups -OCH3 is 2. The average molecular weight is 435 g/mol. The fourth-order valence-corrected chi connectivity index (χ4v) is 4.62. The second-order valence-electron chi connectivity index (χ2n) is 6.71. The quantitative estimate of drug-likeness (QED) is 0.590. The third-order valence-corrected chi connectivity index (χ3v) is 6.80. The van der Waals surface area contributed by atoms with Crippen LogP contribution >= 0.6 is 0 Å². The van der Waals surface area contributed by atoms with Gasteiger partial charge in [-0.2, -0.15) is 4.31 Å². The van der Waals surface area contributed by atoms with Crippen LogP contribution in [0.4, 0.5) is 0 Å². The van der Waals surface area contributed by atoms with Crippen LogP contribution in [0.3, 0.4) is 0 Å². The number of hydrogen-bond acceptors (Lipinski definition) is 6. The Bertz CT molecular complexity index is 954. The Labute approximate surface area is 177 Å². The Kier molecular flexibility index (Phi) is 7.30. The van der Waals surface area contributed by atoms with Gasteiger partial charge in [0.2, 0.25) is 10.0 Å². The normalized spacial score (nSPS) is 15.1. The minimum absolute atomic E-state index is 0.176. The van der Waals surface area contributed by atoms with E-state index in [1.807, 2.05) is 0 Å². The van der Waals surface area contributed by atoms with Crippen LogP contribution in [0.25, 0.3) is 0 Å². The van der Waals surface area contributed by atoms with Crippen molar-refractivity contribution in [3.05, 3.63) is 54.1 Å². The van der Waals surface area contributed by atoms with Crippen molar-refractivity contribution in [3.63, 3.8) is 0 Å². The number of sulfonamides is 1. The van der Waals surface area contributed by atoms with Gasteiger partial charge in [0.15, 0.2) is 0 Å². The second-order valence-corrected chi connectivity index (χ2v) is 8.65. The summed E-state index contributed by atoms with van der Waals surface area (Å²) in [6, 6.07) is 13.3. The van der Waals surface area contributed by atoms with Crippen LogP contribution in [0, 0.1) is 0 Å². The Morgan fingerprint density at radius 1 is 0.933 bits per heavy atom. The van der Waals surface area contributed by atoms with Crippen molar-refractivity contribution in [2.75, 3.05) is 53.6 Å². The summed E-state index contributed by atoms with van der Waals surface area (Å²) in [6.45, 7) is 1.83. The predicted octanol–water partition coefficient (Wildman–Crippen LogP) is 1.87. The summed E-state index contributed by atoms with van der Waals surface area (Å²) >= 11 is 0. The van der Waals surface area contributed by atoms with Gasteiger partial charge in [0.1, 0.15) is 18.1 Å². The maximum atomic E-state index is 13.0. The van der Waals surface area contributed by atoms with Crippen LogP contribution in [0.5, 0.6) is 11.5 Å². The number of amides is 1. The fourth-order valence-electron chi connectivity index (χ4n) is 3.20. The van der Waals surface area contributed by atoms with E-state index in [0.29, 0.717) is 43.4 Å². The maximum Gasteiger partial charge on any atom is 0.257 e. The molecule has 0 aliphatic carbocycles. The second kappa shape index (κ2) is 9.92. The van der Waals surface area contributed by atoms with Crippen molar-refractivity contribution in [1.29, 1.82) is 0 Å². The molecule has 30 heavy (non-hydrogen) atoms. The molecule has 1 aliphatic rings. The van der Waals surface area contributed by atoms with Gasteiger partial charge in [0, 0.05) is 33.3 Å². The molecule has 0 spiro atoms. The molecule has 3 rings (SSSR count). The molecule has 162 valence electrons. The summed E-state index contributed by atoms with van der Waals surface area (Å²) < 4.78 is 42.9. The van der Waals surface area contributed by atoms with Gasteiger partial charge in [-0.25, -0.2) is 8.42 Å². The van der Waals surface area contributed by atoms with Crippen LogP contribution < -0.4 is 9.47 Å². The number of para-hydroxylation sites is 1. The Balaban J connectivity index is 1.66. The van der Waals surface area contributed by atoms with Crippen molar-refractivity contribution in [2.24, 2.45) is 0 Å². The largest absolute Gasteiger partial charge is 0.497 e. The number of rotatable bonds is 8. The lowest BCUT2D eigenvalue weighted by molar-refractivity contribution is 0.0691. The number of carbonyl (C=O) groups is 1. The third kappa shape index (κ3) is 4.92. The molecule has 0 unspecified atom stereocenters. The number of benzene rings is 2. The smallest absolute Gasteiger partial charge is 0.257 e. The molecule has 1 saturated heterocycles. The molecule has 0 atom stereocenters. The minimum Gasteiger partial charge on any atom is -0.497 e. The topological polar surface area (TPSA) is 85.4 Å². The molecule has 0 saturated carbocycles. The first-order chi connectivity index (χ1) is 14.5. The van der Waals surface area contributed by atoms with Gasteiger partial charge in [-0.15, -0.1) is 0 Å². The molecule has 8 nitrogen and oxygen atoms in total. The van der Waals surface area contributed by atoms with Crippen molar-refractivity contribution < 1.29 is 27.4 Å². The monoisotopic (exact) mass is 434 g/mol. The van der Waals surface area contributed by atoms with Crippen molar-refractivity contribution >= 4 is 15.9 Å². The Hall–Kier alpha value is -2.62. The average Bonchev–Trinajstić information content (AvgIpc) is 2.79. The van der Waals surface area contributed by atoms with Gasteiger partial charge in [0.05, 0.1) is 24.2 Å². The van der Waals surface area contributed by atoms with Crippen molar-refractivity contribution in [1.82, 2.24) is 9.21 Å². The lowest BCUT2D eigenvalue weighted by Gasteiger charge is -2.34. The van der Waals surface area contributed by atoms with Crippen molar-refractivity contribution in [2.45, 2.75) is 4.90 Å². The Morgan fingerprint density at radius 2 is 1.60 bits per heavy atom. The number of ether oxygens (including phenoxy) is 3. The first-order valence-corrected chi connectivity index (χ1v) is 11.1. The van der Waals surface area contributed by atoms with Gasteiger partial charge in [-0.05, 0) is 36.4 Å². The molecular formula is C21H26N2O6S. The highest BCUT2D eigenvalue weighted by atomic mass is 32.2. The first-order valence-electron chi connectivity index (χ1n) is 9.61. The van der Waals surface area contributed by atoms with E-state index >= 15 is 0 Å². The molecule has 0 bridgehead atoms. The summed E-state index contributed by atoms with van der Waals surface area (Å²) in [6.07, 6.45) is 0. The zero-order valence-corrected chi connectivity index (χ0v) is 17.9. The molecule has 1 fully saturated rings. The third-order valence-electron chi connectivity index (χ3n) is 4.89. The molecular weight excluding hydrogens is 408 g/mol. The lowest BCUT2D eigenvalue weighted by Crippen LogP contribution is -2.50. The Morgan fingerprint density at radius 3 is 2.23 bits per heavy atom. The van der Waals surface area contributed by atoms with Crippen molar-refractivity contribution in [3.8, 4) is 11.5 Å². The van der Waals surface area contributed by atoms with Crippen LogP contribution in [-0.2, 0) is 14.8 Å². The van der Waals surface area contributed by atoms with E-state index in [4.69, 9.17) is 14.2 Å². The summed E-state index contributed by atoms with van der Waals surface area (Å²) in [4.78, 5) is 14.8. The number of carbonyl (C=O) groups excluding carboxylic acids is 1. The minimum atomic E-state index is -3.62. The molecule has 1 amide bonds.